The zero-order chi connectivity index (χ0) is 19.0. The van der Waals surface area contributed by atoms with Crippen molar-refractivity contribution in [3.05, 3.63) is 31.7 Å². The summed E-state index contributed by atoms with van der Waals surface area (Å²) in [5, 5.41) is 12.0. The molecule has 12 heteroatoms. The van der Waals surface area contributed by atoms with Crippen molar-refractivity contribution in [2.75, 3.05) is 11.1 Å². The maximum atomic E-state index is 12.5. The van der Waals surface area contributed by atoms with Crippen molar-refractivity contribution in [3.8, 4) is 0 Å². The summed E-state index contributed by atoms with van der Waals surface area (Å²) in [5.74, 6) is 0.136. The summed E-state index contributed by atoms with van der Waals surface area (Å²) >= 11 is 2.37. The lowest BCUT2D eigenvalue weighted by Crippen LogP contribution is -2.37. The molecule has 1 amide bonds. The molecule has 3 aromatic rings. The number of fused-ring (bicyclic) bond motifs is 1. The van der Waals surface area contributed by atoms with Gasteiger partial charge in [0.2, 0.25) is 11.0 Å². The van der Waals surface area contributed by atoms with Crippen molar-refractivity contribution in [2.45, 2.75) is 18.9 Å². The lowest BCUT2D eigenvalue weighted by Gasteiger charge is -2.10. The van der Waals surface area contributed by atoms with E-state index in [0.717, 1.165) is 21.3 Å². The third-order valence-corrected chi connectivity index (χ3v) is 5.22. The van der Waals surface area contributed by atoms with Gasteiger partial charge in [0.15, 0.2) is 5.65 Å². The molecule has 10 nitrogen and oxygen atoms in total. The standard InChI is InChI=1S/C14H15N7O3S2/c1-6-15-10-9(12(23)21(4)14(24)20(10)3)11(16-6)25-5-8(22)17-13-19-18-7(2)26-13/h5H2,1-4H3,(H,17,19,22). The van der Waals surface area contributed by atoms with Crippen molar-refractivity contribution in [2.24, 2.45) is 14.1 Å². The van der Waals surface area contributed by atoms with E-state index in [1.807, 2.05) is 0 Å². The summed E-state index contributed by atoms with van der Waals surface area (Å²) in [5.41, 5.74) is -0.722. The van der Waals surface area contributed by atoms with E-state index < -0.39 is 11.2 Å². The van der Waals surface area contributed by atoms with E-state index in [1.165, 1.54) is 30.0 Å². The number of aromatic nitrogens is 6. The molecule has 0 saturated heterocycles. The summed E-state index contributed by atoms with van der Waals surface area (Å²) in [6, 6.07) is 0. The molecule has 3 rings (SSSR count). The van der Waals surface area contributed by atoms with E-state index in [4.69, 9.17) is 0 Å². The highest BCUT2D eigenvalue weighted by molar-refractivity contribution is 8.00. The Hall–Kier alpha value is -2.60. The van der Waals surface area contributed by atoms with Crippen molar-refractivity contribution in [3.63, 3.8) is 0 Å². The second kappa shape index (κ2) is 6.96. The molecule has 0 aliphatic rings. The summed E-state index contributed by atoms with van der Waals surface area (Å²) in [6.07, 6.45) is 0. The van der Waals surface area contributed by atoms with Crippen LogP contribution in [0.25, 0.3) is 11.0 Å². The highest BCUT2D eigenvalue weighted by Crippen LogP contribution is 2.22. The molecule has 0 fully saturated rings. The average molecular weight is 393 g/mol. The minimum atomic E-state index is -0.495. The van der Waals surface area contributed by atoms with Crippen LogP contribution in [-0.4, -0.2) is 41.0 Å². The molecule has 0 unspecified atom stereocenters. The van der Waals surface area contributed by atoms with Crippen molar-refractivity contribution < 1.29 is 4.79 Å². The number of nitrogens with zero attached hydrogens (tertiary/aromatic N) is 6. The Bertz CT molecular complexity index is 1130. The highest BCUT2D eigenvalue weighted by atomic mass is 32.2. The molecule has 0 aliphatic carbocycles. The number of hydrogen-bond acceptors (Lipinski definition) is 9. The molecule has 0 aromatic carbocycles. The first kappa shape index (κ1) is 18.2. The smallest absolute Gasteiger partial charge is 0.300 e. The van der Waals surface area contributed by atoms with Crippen LogP contribution in [0.1, 0.15) is 10.8 Å². The van der Waals surface area contributed by atoms with E-state index in [1.54, 1.807) is 13.8 Å². The summed E-state index contributed by atoms with van der Waals surface area (Å²) in [6.45, 7) is 3.45. The second-order valence-corrected chi connectivity index (χ2v) is 7.59. The van der Waals surface area contributed by atoms with Gasteiger partial charge in [0.1, 0.15) is 21.2 Å². The first-order chi connectivity index (χ1) is 12.3. The first-order valence-electron chi connectivity index (χ1n) is 7.45. The van der Waals surface area contributed by atoms with Crippen LogP contribution in [-0.2, 0) is 18.9 Å². The lowest BCUT2D eigenvalue weighted by atomic mass is 10.4. The number of hydrogen-bond donors (Lipinski definition) is 1. The van der Waals surface area contributed by atoms with Gasteiger partial charge in [0.05, 0.1) is 5.75 Å². The summed E-state index contributed by atoms with van der Waals surface area (Å²) in [4.78, 5) is 45.2. The number of aryl methyl sites for hydroxylation is 3. The molecule has 0 atom stereocenters. The maximum absolute atomic E-state index is 12.5. The SMILES string of the molecule is Cc1nc(SCC(=O)Nc2nnc(C)s2)c2c(=O)n(C)c(=O)n(C)c2n1. The van der Waals surface area contributed by atoms with Gasteiger partial charge in [0.25, 0.3) is 5.56 Å². The van der Waals surface area contributed by atoms with Crippen LogP contribution in [0.3, 0.4) is 0 Å². The number of rotatable bonds is 4. The third-order valence-electron chi connectivity index (χ3n) is 3.49. The number of carbonyl (C=O) groups excluding carboxylic acids is 1. The zero-order valence-corrected chi connectivity index (χ0v) is 16.1. The number of anilines is 1. The van der Waals surface area contributed by atoms with Gasteiger partial charge in [-0.05, 0) is 13.8 Å². The monoisotopic (exact) mass is 393 g/mol. The minimum Gasteiger partial charge on any atom is -0.300 e. The summed E-state index contributed by atoms with van der Waals surface area (Å²) < 4.78 is 2.29. The van der Waals surface area contributed by atoms with E-state index in [9.17, 15) is 14.4 Å². The molecule has 0 spiro atoms. The largest absolute Gasteiger partial charge is 0.332 e. The Balaban J connectivity index is 1.94. The fourth-order valence-electron chi connectivity index (χ4n) is 2.27. The van der Waals surface area contributed by atoms with E-state index in [-0.39, 0.29) is 22.7 Å². The molecular weight excluding hydrogens is 378 g/mol. The van der Waals surface area contributed by atoms with Crippen LogP contribution in [0.5, 0.6) is 0 Å². The molecule has 0 bridgehead atoms. The van der Waals surface area contributed by atoms with Gasteiger partial charge < -0.3 is 0 Å². The predicted octanol–water partition coefficient (Wildman–Crippen LogP) is 0.226. The number of carbonyl (C=O) groups is 1. The molecule has 26 heavy (non-hydrogen) atoms. The molecular formula is C14H15N7O3S2. The molecule has 3 aromatic heterocycles. The second-order valence-electron chi connectivity index (χ2n) is 5.44. The van der Waals surface area contributed by atoms with Crippen LogP contribution < -0.4 is 16.6 Å². The van der Waals surface area contributed by atoms with Crippen molar-refractivity contribution >= 4 is 45.2 Å². The van der Waals surface area contributed by atoms with Crippen LogP contribution in [0.4, 0.5) is 5.13 Å². The maximum Gasteiger partial charge on any atom is 0.332 e. The molecule has 0 aliphatic heterocycles. The lowest BCUT2D eigenvalue weighted by molar-refractivity contribution is -0.113. The van der Waals surface area contributed by atoms with Crippen LogP contribution in [0, 0.1) is 13.8 Å². The van der Waals surface area contributed by atoms with Crippen LogP contribution in [0.2, 0.25) is 0 Å². The predicted molar refractivity (Wildman–Crippen MR) is 98.8 cm³/mol. The minimum absolute atomic E-state index is 0.0240. The van der Waals surface area contributed by atoms with Gasteiger partial charge in [-0.1, -0.05) is 23.1 Å². The highest BCUT2D eigenvalue weighted by Gasteiger charge is 2.17. The fourth-order valence-corrected chi connectivity index (χ4v) is 3.74. The summed E-state index contributed by atoms with van der Waals surface area (Å²) in [7, 11) is 2.93. The van der Waals surface area contributed by atoms with Crippen LogP contribution in [0.15, 0.2) is 14.6 Å². The number of amides is 1. The van der Waals surface area contributed by atoms with Crippen molar-refractivity contribution in [1.82, 2.24) is 29.3 Å². The van der Waals surface area contributed by atoms with Gasteiger partial charge in [-0.3, -0.25) is 24.0 Å². The Morgan fingerprint density at radius 3 is 2.54 bits per heavy atom. The normalized spacial score (nSPS) is 11.1. The van der Waals surface area contributed by atoms with Gasteiger partial charge in [-0.15, -0.1) is 10.2 Å². The van der Waals surface area contributed by atoms with Gasteiger partial charge in [-0.2, -0.15) is 0 Å². The van der Waals surface area contributed by atoms with Gasteiger partial charge in [-0.25, -0.2) is 14.8 Å². The molecule has 136 valence electrons. The zero-order valence-electron chi connectivity index (χ0n) is 14.4. The fraction of sp³-hybridized carbons (Fsp3) is 0.357. The molecule has 1 N–H and O–H groups in total. The average Bonchev–Trinajstić information content (AvgIpc) is 3.00. The number of thioether (sulfide) groups is 1. The Morgan fingerprint density at radius 1 is 1.15 bits per heavy atom. The van der Waals surface area contributed by atoms with Gasteiger partial charge in [0, 0.05) is 14.1 Å². The third kappa shape index (κ3) is 3.37. The van der Waals surface area contributed by atoms with Crippen molar-refractivity contribution in [1.29, 1.82) is 0 Å². The van der Waals surface area contributed by atoms with E-state index >= 15 is 0 Å². The van der Waals surface area contributed by atoms with Gasteiger partial charge >= 0.3 is 5.69 Å². The molecule has 3 heterocycles. The first-order valence-corrected chi connectivity index (χ1v) is 9.25. The van der Waals surface area contributed by atoms with Crippen LogP contribution >= 0.6 is 23.1 Å². The Labute approximate surface area is 155 Å². The van der Waals surface area contributed by atoms with E-state index in [2.05, 4.69) is 25.5 Å². The Morgan fingerprint density at radius 2 is 1.88 bits per heavy atom. The molecule has 0 radical (unpaired) electrons. The number of nitrogens with one attached hydrogen (secondary N) is 1. The quantitative estimate of drug-likeness (QED) is 0.493. The molecule has 0 saturated carbocycles. The van der Waals surface area contributed by atoms with E-state index in [0.29, 0.717) is 16.0 Å². The topological polar surface area (TPSA) is 125 Å². The Kier molecular flexibility index (Phi) is 4.87.